The van der Waals surface area contributed by atoms with Gasteiger partial charge >= 0.3 is 5.97 Å². The number of carboxylic acid groups (broad SMARTS) is 1. The van der Waals surface area contributed by atoms with Crippen LogP contribution in [0.3, 0.4) is 0 Å². The summed E-state index contributed by atoms with van der Waals surface area (Å²) >= 11 is 0. The molecule has 4 N–H and O–H groups in total. The Balaban J connectivity index is 2.45. The van der Waals surface area contributed by atoms with Gasteiger partial charge in [0.05, 0.1) is 0 Å². The zero-order valence-corrected chi connectivity index (χ0v) is 9.53. The van der Waals surface area contributed by atoms with Crippen LogP contribution in [0.4, 0.5) is 4.39 Å². The van der Waals surface area contributed by atoms with Crippen molar-refractivity contribution in [2.24, 2.45) is 5.73 Å². The molecule has 0 heterocycles. The third kappa shape index (κ3) is 4.93. The third-order valence-corrected chi connectivity index (χ3v) is 2.46. The van der Waals surface area contributed by atoms with Crippen LogP contribution in [-0.2, 0) is 11.3 Å². The van der Waals surface area contributed by atoms with Gasteiger partial charge in [0, 0.05) is 6.54 Å². The van der Waals surface area contributed by atoms with Crippen molar-refractivity contribution in [1.29, 1.82) is 0 Å². The van der Waals surface area contributed by atoms with Crippen LogP contribution in [0.15, 0.2) is 24.3 Å². The second-order valence-corrected chi connectivity index (χ2v) is 3.83. The molecule has 4 nitrogen and oxygen atoms in total. The Morgan fingerprint density at radius 1 is 1.41 bits per heavy atom. The molecule has 0 aliphatic heterocycles. The monoisotopic (exact) mass is 240 g/mol. The molecule has 0 bridgehead atoms. The summed E-state index contributed by atoms with van der Waals surface area (Å²) in [5.74, 6) is -1.19. The topological polar surface area (TPSA) is 75.3 Å². The highest BCUT2D eigenvalue weighted by Gasteiger charge is 2.15. The second-order valence-electron chi connectivity index (χ2n) is 3.83. The van der Waals surface area contributed by atoms with E-state index in [1.165, 1.54) is 12.1 Å². The Hall–Kier alpha value is -1.46. The van der Waals surface area contributed by atoms with Crippen molar-refractivity contribution in [3.05, 3.63) is 35.6 Å². The minimum Gasteiger partial charge on any atom is -0.480 e. The number of hydrogen-bond acceptors (Lipinski definition) is 3. The minimum atomic E-state index is -0.888. The van der Waals surface area contributed by atoms with Crippen LogP contribution < -0.4 is 11.1 Å². The number of benzene rings is 1. The van der Waals surface area contributed by atoms with Gasteiger partial charge in [-0.15, -0.1) is 0 Å². The van der Waals surface area contributed by atoms with E-state index in [2.05, 4.69) is 5.32 Å². The standard InChI is InChI=1S/C12H17FN2O2/c13-10-5-3-9(4-6-10)8-15-11(12(16)17)2-1-7-14/h3-6,11,15H,1-2,7-8,14H2,(H,16,17)/t11-/m0/s1. The molecule has 0 saturated heterocycles. The summed E-state index contributed by atoms with van der Waals surface area (Å²) in [6.45, 7) is 0.879. The molecule has 1 aromatic carbocycles. The number of carbonyl (C=O) groups is 1. The van der Waals surface area contributed by atoms with Crippen LogP contribution in [0.25, 0.3) is 0 Å². The van der Waals surface area contributed by atoms with Gasteiger partial charge in [-0.05, 0) is 37.1 Å². The van der Waals surface area contributed by atoms with Crippen LogP contribution >= 0.6 is 0 Å². The van der Waals surface area contributed by atoms with E-state index < -0.39 is 12.0 Å². The first-order chi connectivity index (χ1) is 8.13. The van der Waals surface area contributed by atoms with Crippen LogP contribution in [-0.4, -0.2) is 23.7 Å². The Morgan fingerprint density at radius 3 is 2.59 bits per heavy atom. The molecule has 1 rings (SSSR count). The van der Waals surface area contributed by atoms with Crippen LogP contribution in [0.2, 0.25) is 0 Å². The van der Waals surface area contributed by atoms with Crippen molar-refractivity contribution in [1.82, 2.24) is 5.32 Å². The zero-order chi connectivity index (χ0) is 12.7. The smallest absolute Gasteiger partial charge is 0.320 e. The van der Waals surface area contributed by atoms with Gasteiger partial charge in [0.15, 0.2) is 0 Å². The van der Waals surface area contributed by atoms with Crippen molar-refractivity contribution in [3.8, 4) is 0 Å². The molecular formula is C12H17FN2O2. The average molecular weight is 240 g/mol. The first-order valence-electron chi connectivity index (χ1n) is 5.54. The number of halogens is 1. The molecule has 17 heavy (non-hydrogen) atoms. The summed E-state index contributed by atoms with van der Waals surface area (Å²) in [4.78, 5) is 10.9. The second kappa shape index (κ2) is 6.98. The molecule has 0 aliphatic carbocycles. The van der Waals surface area contributed by atoms with Crippen LogP contribution in [0, 0.1) is 5.82 Å². The van der Waals surface area contributed by atoms with E-state index in [9.17, 15) is 9.18 Å². The summed E-state index contributed by atoms with van der Waals surface area (Å²) in [5, 5.41) is 11.9. The summed E-state index contributed by atoms with van der Waals surface area (Å²) in [7, 11) is 0. The lowest BCUT2D eigenvalue weighted by molar-refractivity contribution is -0.139. The van der Waals surface area contributed by atoms with Crippen molar-refractivity contribution in [3.63, 3.8) is 0 Å². The highest BCUT2D eigenvalue weighted by atomic mass is 19.1. The number of aliphatic carboxylic acids is 1. The number of rotatable bonds is 7. The molecule has 0 fully saturated rings. The molecule has 5 heteroatoms. The predicted molar refractivity (Wildman–Crippen MR) is 63.0 cm³/mol. The molecule has 0 radical (unpaired) electrons. The van der Waals surface area contributed by atoms with E-state index in [-0.39, 0.29) is 5.82 Å². The van der Waals surface area contributed by atoms with Crippen molar-refractivity contribution in [2.75, 3.05) is 6.54 Å². The van der Waals surface area contributed by atoms with E-state index in [1.54, 1.807) is 12.1 Å². The van der Waals surface area contributed by atoms with Gasteiger partial charge in [-0.2, -0.15) is 0 Å². The lowest BCUT2D eigenvalue weighted by Gasteiger charge is -2.13. The molecule has 1 aromatic rings. The lowest BCUT2D eigenvalue weighted by atomic mass is 10.1. The normalized spacial score (nSPS) is 12.4. The predicted octanol–water partition coefficient (Wildman–Crippen LogP) is 1.11. The number of nitrogens with two attached hydrogens (primary N) is 1. The molecular weight excluding hydrogens is 223 g/mol. The lowest BCUT2D eigenvalue weighted by Crippen LogP contribution is -2.36. The van der Waals surface area contributed by atoms with Gasteiger partial charge in [0.2, 0.25) is 0 Å². The average Bonchev–Trinajstić information content (AvgIpc) is 2.31. The third-order valence-electron chi connectivity index (χ3n) is 2.46. The zero-order valence-electron chi connectivity index (χ0n) is 9.53. The Kier molecular flexibility index (Phi) is 5.59. The first kappa shape index (κ1) is 13.6. The van der Waals surface area contributed by atoms with Gasteiger partial charge in [0.25, 0.3) is 0 Å². The van der Waals surface area contributed by atoms with Gasteiger partial charge in [-0.25, -0.2) is 4.39 Å². The maximum atomic E-state index is 12.7. The molecule has 1 atom stereocenters. The highest BCUT2D eigenvalue weighted by molar-refractivity contribution is 5.73. The van der Waals surface area contributed by atoms with Crippen LogP contribution in [0.1, 0.15) is 18.4 Å². The Labute approximate surface area is 99.6 Å². The molecule has 0 spiro atoms. The van der Waals surface area contributed by atoms with E-state index >= 15 is 0 Å². The maximum absolute atomic E-state index is 12.7. The largest absolute Gasteiger partial charge is 0.480 e. The maximum Gasteiger partial charge on any atom is 0.320 e. The summed E-state index contributed by atoms with van der Waals surface area (Å²) in [5.41, 5.74) is 6.19. The van der Waals surface area contributed by atoms with Gasteiger partial charge < -0.3 is 16.2 Å². The van der Waals surface area contributed by atoms with Crippen molar-refractivity contribution in [2.45, 2.75) is 25.4 Å². The van der Waals surface area contributed by atoms with Gasteiger partial charge in [0.1, 0.15) is 11.9 Å². The molecule has 0 saturated carbocycles. The fourth-order valence-corrected chi connectivity index (χ4v) is 1.48. The molecule has 0 amide bonds. The fourth-order valence-electron chi connectivity index (χ4n) is 1.48. The molecule has 0 aliphatic rings. The van der Waals surface area contributed by atoms with E-state index in [1.807, 2.05) is 0 Å². The first-order valence-corrected chi connectivity index (χ1v) is 5.54. The number of hydrogen-bond donors (Lipinski definition) is 3. The SMILES string of the molecule is NCCC[C@H](NCc1ccc(F)cc1)C(=O)O. The number of nitrogens with one attached hydrogen (secondary N) is 1. The Bertz CT molecular complexity index is 354. The molecule has 94 valence electrons. The van der Waals surface area contributed by atoms with Gasteiger partial charge in [-0.1, -0.05) is 12.1 Å². The summed E-state index contributed by atoms with van der Waals surface area (Å²) in [6.07, 6.45) is 1.15. The number of carboxylic acids is 1. The van der Waals surface area contributed by atoms with Crippen LogP contribution in [0.5, 0.6) is 0 Å². The quantitative estimate of drug-likeness (QED) is 0.667. The summed E-state index contributed by atoms with van der Waals surface area (Å²) < 4.78 is 12.7. The highest BCUT2D eigenvalue weighted by Crippen LogP contribution is 2.04. The fraction of sp³-hybridized carbons (Fsp3) is 0.417. The molecule has 0 aromatic heterocycles. The Morgan fingerprint density at radius 2 is 2.06 bits per heavy atom. The minimum absolute atomic E-state index is 0.299. The van der Waals surface area contributed by atoms with Gasteiger partial charge in [-0.3, -0.25) is 4.79 Å². The van der Waals surface area contributed by atoms with E-state index in [0.29, 0.717) is 25.9 Å². The summed E-state index contributed by atoms with van der Waals surface area (Å²) in [6, 6.07) is 5.36. The van der Waals surface area contributed by atoms with E-state index in [0.717, 1.165) is 5.56 Å². The molecule has 0 unspecified atom stereocenters. The van der Waals surface area contributed by atoms with Crippen molar-refractivity contribution >= 4 is 5.97 Å². The van der Waals surface area contributed by atoms with Crippen molar-refractivity contribution < 1.29 is 14.3 Å². The van der Waals surface area contributed by atoms with E-state index in [4.69, 9.17) is 10.8 Å².